The number of hydrogen-bond donors (Lipinski definition) is 0. The van der Waals surface area contributed by atoms with Gasteiger partial charge in [0.05, 0.1) is 16.8 Å². The third kappa shape index (κ3) is 3.53. The third-order valence-corrected chi connectivity index (χ3v) is 5.84. The summed E-state index contributed by atoms with van der Waals surface area (Å²) in [7, 11) is 0. The van der Waals surface area contributed by atoms with Crippen LogP contribution in [0.2, 0.25) is 0 Å². The van der Waals surface area contributed by atoms with Crippen molar-refractivity contribution in [1.29, 1.82) is 0 Å². The molecule has 0 aliphatic heterocycles. The molecule has 0 bridgehead atoms. The van der Waals surface area contributed by atoms with Crippen molar-refractivity contribution in [3.05, 3.63) is 64.2 Å². The number of aryl methyl sites for hydroxylation is 2. The predicted octanol–water partition coefficient (Wildman–Crippen LogP) is 4.84. The van der Waals surface area contributed by atoms with Gasteiger partial charge in [-0.3, -0.25) is 4.79 Å². The highest BCUT2D eigenvalue weighted by Gasteiger charge is 2.14. The second-order valence-corrected chi connectivity index (χ2v) is 7.71. The van der Waals surface area contributed by atoms with E-state index in [1.807, 2.05) is 31.2 Å². The largest absolute Gasteiger partial charge is 0.451 e. The first-order chi connectivity index (χ1) is 13.6. The maximum atomic E-state index is 12.8. The van der Waals surface area contributed by atoms with Crippen molar-refractivity contribution < 1.29 is 13.9 Å². The van der Waals surface area contributed by atoms with Crippen molar-refractivity contribution in [2.45, 2.75) is 27.3 Å². The van der Waals surface area contributed by atoms with Crippen molar-refractivity contribution in [1.82, 2.24) is 4.57 Å². The molecule has 0 radical (unpaired) electrons. The zero-order chi connectivity index (χ0) is 19.7. The molecule has 0 unspecified atom stereocenters. The van der Waals surface area contributed by atoms with E-state index >= 15 is 0 Å². The monoisotopic (exact) mass is 394 g/mol. The SMILES string of the molecule is CCOCCn1c(=NC(=O)c2cc3ccccc3o2)sc2cc(C)c(C)cc21. The molecular weight excluding hydrogens is 372 g/mol. The van der Waals surface area contributed by atoms with Gasteiger partial charge >= 0.3 is 5.91 Å². The van der Waals surface area contributed by atoms with Crippen LogP contribution in [0.4, 0.5) is 0 Å². The van der Waals surface area contributed by atoms with E-state index in [1.54, 1.807) is 6.07 Å². The zero-order valence-electron chi connectivity index (χ0n) is 16.2. The van der Waals surface area contributed by atoms with E-state index in [9.17, 15) is 4.79 Å². The average Bonchev–Trinajstić information content (AvgIpc) is 3.24. The van der Waals surface area contributed by atoms with Gasteiger partial charge in [-0.1, -0.05) is 29.5 Å². The molecule has 2 aromatic carbocycles. The van der Waals surface area contributed by atoms with Gasteiger partial charge < -0.3 is 13.7 Å². The highest BCUT2D eigenvalue weighted by atomic mass is 32.1. The third-order valence-electron chi connectivity index (χ3n) is 4.80. The number of aromatic nitrogens is 1. The van der Waals surface area contributed by atoms with Gasteiger partial charge in [-0.25, -0.2) is 0 Å². The molecule has 0 aliphatic carbocycles. The summed E-state index contributed by atoms with van der Waals surface area (Å²) < 4.78 is 14.4. The number of hydrogen-bond acceptors (Lipinski definition) is 4. The molecule has 0 atom stereocenters. The Labute approximate surface area is 166 Å². The normalized spacial score (nSPS) is 12.3. The van der Waals surface area contributed by atoms with Crippen LogP contribution in [0.15, 0.2) is 51.9 Å². The van der Waals surface area contributed by atoms with Crippen LogP contribution in [-0.4, -0.2) is 23.7 Å². The smallest absolute Gasteiger partial charge is 0.315 e. The summed E-state index contributed by atoms with van der Waals surface area (Å²) in [6, 6.07) is 13.6. The molecule has 5 nitrogen and oxygen atoms in total. The van der Waals surface area contributed by atoms with Gasteiger partial charge in [-0.2, -0.15) is 4.99 Å². The summed E-state index contributed by atoms with van der Waals surface area (Å²) in [5.41, 5.74) is 4.20. The average molecular weight is 394 g/mol. The molecular formula is C22H22N2O3S. The number of rotatable bonds is 5. The summed E-state index contributed by atoms with van der Waals surface area (Å²) >= 11 is 1.51. The Kier molecular flexibility index (Phi) is 5.15. The summed E-state index contributed by atoms with van der Waals surface area (Å²) in [6.07, 6.45) is 0. The summed E-state index contributed by atoms with van der Waals surface area (Å²) in [6.45, 7) is 8.03. The van der Waals surface area contributed by atoms with Gasteiger partial charge in [-0.15, -0.1) is 0 Å². The minimum atomic E-state index is -0.374. The first-order valence-corrected chi connectivity index (χ1v) is 10.1. The maximum absolute atomic E-state index is 12.8. The number of ether oxygens (including phenoxy) is 1. The number of benzene rings is 2. The summed E-state index contributed by atoms with van der Waals surface area (Å²) in [5, 5.41) is 0.896. The van der Waals surface area contributed by atoms with E-state index < -0.39 is 0 Å². The van der Waals surface area contributed by atoms with Gasteiger partial charge in [-0.05, 0) is 56.2 Å². The molecule has 0 N–H and O–H groups in total. The first kappa shape index (κ1) is 18.7. The van der Waals surface area contributed by atoms with Crippen molar-refractivity contribution in [2.75, 3.05) is 13.2 Å². The Morgan fingerprint density at radius 1 is 1.18 bits per heavy atom. The lowest BCUT2D eigenvalue weighted by molar-refractivity contribution is 0.0972. The van der Waals surface area contributed by atoms with Crippen molar-refractivity contribution in [3.63, 3.8) is 0 Å². The van der Waals surface area contributed by atoms with Gasteiger partial charge in [0.1, 0.15) is 5.58 Å². The van der Waals surface area contributed by atoms with E-state index in [2.05, 4.69) is 35.5 Å². The first-order valence-electron chi connectivity index (χ1n) is 9.33. The molecule has 4 rings (SSSR count). The quantitative estimate of drug-likeness (QED) is 0.455. The number of nitrogens with zero attached hydrogens (tertiary/aromatic N) is 2. The predicted molar refractivity (Wildman–Crippen MR) is 112 cm³/mol. The van der Waals surface area contributed by atoms with Crippen LogP contribution in [0, 0.1) is 13.8 Å². The van der Waals surface area contributed by atoms with Crippen molar-refractivity contribution in [3.8, 4) is 0 Å². The molecule has 2 aromatic heterocycles. The molecule has 144 valence electrons. The lowest BCUT2D eigenvalue weighted by Gasteiger charge is -2.07. The van der Waals surface area contributed by atoms with E-state index in [0.29, 0.717) is 30.1 Å². The topological polar surface area (TPSA) is 56.7 Å². The second-order valence-electron chi connectivity index (χ2n) is 6.70. The molecule has 0 aliphatic rings. The Morgan fingerprint density at radius 2 is 1.96 bits per heavy atom. The fraction of sp³-hybridized carbons (Fsp3) is 0.273. The molecule has 0 saturated heterocycles. The Hall–Kier alpha value is -2.70. The van der Waals surface area contributed by atoms with Gasteiger partial charge in [0.25, 0.3) is 0 Å². The minimum Gasteiger partial charge on any atom is -0.451 e. The van der Waals surface area contributed by atoms with Crippen molar-refractivity contribution in [2.24, 2.45) is 4.99 Å². The molecule has 6 heteroatoms. The zero-order valence-corrected chi connectivity index (χ0v) is 17.0. The van der Waals surface area contributed by atoms with Gasteiger partial charge in [0, 0.05) is 18.5 Å². The molecule has 0 spiro atoms. The molecule has 0 saturated carbocycles. The Morgan fingerprint density at radius 3 is 2.75 bits per heavy atom. The maximum Gasteiger partial charge on any atom is 0.315 e. The Bertz CT molecular complexity index is 1200. The summed E-state index contributed by atoms with van der Waals surface area (Å²) in [4.78, 5) is 17.8. The number of carbonyl (C=O) groups is 1. The van der Waals surface area contributed by atoms with E-state index in [-0.39, 0.29) is 11.7 Å². The summed E-state index contributed by atoms with van der Waals surface area (Å²) in [5.74, 6) is -0.122. The highest BCUT2D eigenvalue weighted by Crippen LogP contribution is 2.23. The number of carbonyl (C=O) groups excluding carboxylic acids is 1. The second kappa shape index (κ2) is 7.73. The number of amides is 1. The molecule has 0 fully saturated rings. The van der Waals surface area contributed by atoms with Crippen LogP contribution < -0.4 is 4.80 Å². The fourth-order valence-corrected chi connectivity index (χ4v) is 4.29. The van der Waals surface area contributed by atoms with Crippen LogP contribution in [0.5, 0.6) is 0 Å². The number of para-hydroxylation sites is 1. The molecule has 28 heavy (non-hydrogen) atoms. The number of fused-ring (bicyclic) bond motifs is 2. The van der Waals surface area contributed by atoms with Gasteiger partial charge in [0.15, 0.2) is 10.6 Å². The standard InChI is InChI=1S/C22H22N2O3S/c1-4-26-10-9-24-17-11-14(2)15(3)12-20(17)28-22(24)23-21(25)19-13-16-7-5-6-8-18(16)27-19/h5-8,11-13H,4,9-10H2,1-3H3. The van der Waals surface area contributed by atoms with Crippen molar-refractivity contribution >= 4 is 38.4 Å². The highest BCUT2D eigenvalue weighted by molar-refractivity contribution is 7.16. The van der Waals surface area contributed by atoms with E-state index in [0.717, 1.165) is 15.6 Å². The number of thiazole rings is 1. The van der Waals surface area contributed by atoms with E-state index in [4.69, 9.17) is 9.15 Å². The molecule has 2 heterocycles. The van der Waals surface area contributed by atoms with Gasteiger partial charge in [0.2, 0.25) is 0 Å². The lowest BCUT2D eigenvalue weighted by Crippen LogP contribution is -2.19. The number of furan rings is 1. The van der Waals surface area contributed by atoms with E-state index in [1.165, 1.54) is 22.5 Å². The Balaban J connectivity index is 1.80. The van der Waals surface area contributed by atoms with Crippen LogP contribution in [0.1, 0.15) is 28.6 Å². The minimum absolute atomic E-state index is 0.252. The van der Waals surface area contributed by atoms with Crippen LogP contribution in [-0.2, 0) is 11.3 Å². The fourth-order valence-electron chi connectivity index (χ4n) is 3.15. The van der Waals surface area contributed by atoms with Crippen LogP contribution in [0.3, 0.4) is 0 Å². The molecule has 1 amide bonds. The lowest BCUT2D eigenvalue weighted by atomic mass is 10.1. The molecule has 4 aromatic rings. The van der Waals surface area contributed by atoms with Crippen LogP contribution in [0.25, 0.3) is 21.2 Å². The van der Waals surface area contributed by atoms with Crippen LogP contribution >= 0.6 is 11.3 Å².